The van der Waals surface area contributed by atoms with E-state index in [2.05, 4.69) is 26.0 Å². The van der Waals surface area contributed by atoms with E-state index in [0.29, 0.717) is 5.92 Å². The zero-order valence-electron chi connectivity index (χ0n) is 10.6. The zero-order chi connectivity index (χ0) is 12.4. The van der Waals surface area contributed by atoms with E-state index in [9.17, 15) is 5.11 Å². The molecule has 0 aliphatic heterocycles. The van der Waals surface area contributed by atoms with E-state index in [-0.39, 0.29) is 0 Å². The van der Waals surface area contributed by atoms with Gasteiger partial charge in [-0.1, -0.05) is 38.1 Å². The monoisotopic (exact) mass is 229 g/mol. The van der Waals surface area contributed by atoms with Crippen molar-refractivity contribution in [3.8, 4) is 0 Å². The number of hydrogen-bond donors (Lipinski definition) is 1. The minimum Gasteiger partial charge on any atom is -0.382 e. The Morgan fingerprint density at radius 2 is 1.76 bits per heavy atom. The lowest BCUT2D eigenvalue weighted by molar-refractivity contribution is 0.211. The first-order chi connectivity index (χ1) is 8.09. The molecule has 0 radical (unpaired) electrons. The second-order valence-corrected chi connectivity index (χ2v) is 4.77. The number of aliphatic hydroxyl groups excluding tert-OH is 1. The van der Waals surface area contributed by atoms with Gasteiger partial charge < -0.3 is 9.67 Å². The van der Waals surface area contributed by atoms with Gasteiger partial charge in [0.25, 0.3) is 0 Å². The average molecular weight is 229 g/mol. The first-order valence-corrected chi connectivity index (χ1v) is 5.98. The maximum absolute atomic E-state index is 10.3. The van der Waals surface area contributed by atoms with Crippen molar-refractivity contribution in [2.75, 3.05) is 0 Å². The molecular formula is C15H19NO. The molecule has 0 aliphatic rings. The molecule has 1 N–H and O–H groups in total. The van der Waals surface area contributed by atoms with Gasteiger partial charge in [0.05, 0.1) is 5.69 Å². The number of aliphatic hydroxyl groups is 1. The summed E-state index contributed by atoms with van der Waals surface area (Å²) in [5, 5.41) is 10.3. The van der Waals surface area contributed by atoms with Gasteiger partial charge in [0.1, 0.15) is 6.10 Å². The molecule has 1 aromatic heterocycles. The first kappa shape index (κ1) is 11.9. The number of benzene rings is 1. The van der Waals surface area contributed by atoms with Gasteiger partial charge in [0.2, 0.25) is 0 Å². The molecule has 2 aromatic rings. The number of rotatable bonds is 3. The Kier molecular flexibility index (Phi) is 3.34. The van der Waals surface area contributed by atoms with Crippen LogP contribution in [0.1, 0.15) is 42.7 Å². The molecule has 0 unspecified atom stereocenters. The zero-order valence-corrected chi connectivity index (χ0v) is 10.6. The van der Waals surface area contributed by atoms with Crippen LogP contribution in [0.5, 0.6) is 0 Å². The Labute approximate surface area is 103 Å². The summed E-state index contributed by atoms with van der Waals surface area (Å²) in [5.74, 6) is 0.482. The molecular weight excluding hydrogens is 210 g/mol. The van der Waals surface area contributed by atoms with Crippen molar-refractivity contribution < 1.29 is 5.11 Å². The van der Waals surface area contributed by atoms with Gasteiger partial charge in [0, 0.05) is 13.2 Å². The Morgan fingerprint density at radius 1 is 1.06 bits per heavy atom. The van der Waals surface area contributed by atoms with Crippen molar-refractivity contribution >= 4 is 0 Å². The van der Waals surface area contributed by atoms with Crippen LogP contribution in [0, 0.1) is 0 Å². The molecule has 90 valence electrons. The van der Waals surface area contributed by atoms with Gasteiger partial charge in [-0.2, -0.15) is 0 Å². The summed E-state index contributed by atoms with van der Waals surface area (Å²) in [6.07, 6.45) is 1.40. The lowest BCUT2D eigenvalue weighted by Gasteiger charge is -2.14. The lowest BCUT2D eigenvalue weighted by Crippen LogP contribution is -2.05. The minimum atomic E-state index is -0.548. The van der Waals surface area contributed by atoms with Gasteiger partial charge in [-0.15, -0.1) is 0 Å². The Bertz CT molecular complexity index is 499. The van der Waals surface area contributed by atoms with Crippen LogP contribution in [0.3, 0.4) is 0 Å². The summed E-state index contributed by atoms with van der Waals surface area (Å²) >= 11 is 0. The molecule has 2 nitrogen and oxygen atoms in total. The number of aryl methyl sites for hydroxylation is 1. The topological polar surface area (TPSA) is 25.2 Å². The summed E-state index contributed by atoms with van der Waals surface area (Å²) in [4.78, 5) is 0. The molecule has 17 heavy (non-hydrogen) atoms. The quantitative estimate of drug-likeness (QED) is 0.858. The number of hydrogen-bond acceptors (Lipinski definition) is 1. The van der Waals surface area contributed by atoms with Crippen molar-refractivity contribution in [2.45, 2.75) is 25.9 Å². The molecule has 2 rings (SSSR count). The van der Waals surface area contributed by atoms with Crippen molar-refractivity contribution in [2.24, 2.45) is 7.05 Å². The Morgan fingerprint density at radius 3 is 2.35 bits per heavy atom. The van der Waals surface area contributed by atoms with E-state index < -0.39 is 6.10 Å². The van der Waals surface area contributed by atoms with Crippen LogP contribution in [-0.2, 0) is 7.05 Å². The molecule has 0 saturated carbocycles. The predicted molar refractivity (Wildman–Crippen MR) is 70.0 cm³/mol. The molecule has 2 heteroatoms. The number of aromatic nitrogens is 1. The third kappa shape index (κ3) is 2.42. The SMILES string of the molecule is CC(C)c1cccc([C@@H](O)c2cccn2C)c1. The lowest BCUT2D eigenvalue weighted by atomic mass is 9.98. The largest absolute Gasteiger partial charge is 0.382 e. The fraction of sp³-hybridized carbons (Fsp3) is 0.333. The second kappa shape index (κ2) is 4.76. The molecule has 0 amide bonds. The van der Waals surface area contributed by atoms with Gasteiger partial charge in [0.15, 0.2) is 0 Å². The van der Waals surface area contributed by atoms with Gasteiger partial charge >= 0.3 is 0 Å². The third-order valence-electron chi connectivity index (χ3n) is 3.16. The van der Waals surface area contributed by atoms with Crippen LogP contribution in [0.2, 0.25) is 0 Å². The van der Waals surface area contributed by atoms with Gasteiger partial charge in [-0.3, -0.25) is 0 Å². The smallest absolute Gasteiger partial charge is 0.119 e. The van der Waals surface area contributed by atoms with Crippen LogP contribution in [0.4, 0.5) is 0 Å². The van der Waals surface area contributed by atoms with Crippen molar-refractivity contribution in [1.29, 1.82) is 0 Å². The summed E-state index contributed by atoms with van der Waals surface area (Å²) in [7, 11) is 1.95. The highest BCUT2D eigenvalue weighted by molar-refractivity contribution is 5.31. The maximum atomic E-state index is 10.3. The van der Waals surface area contributed by atoms with E-state index in [4.69, 9.17) is 0 Å². The normalized spacial score (nSPS) is 13.0. The second-order valence-electron chi connectivity index (χ2n) is 4.77. The van der Waals surface area contributed by atoms with Crippen molar-refractivity contribution in [3.05, 3.63) is 59.4 Å². The highest BCUT2D eigenvalue weighted by Gasteiger charge is 2.13. The summed E-state index contributed by atoms with van der Waals surface area (Å²) in [5.41, 5.74) is 3.14. The summed E-state index contributed by atoms with van der Waals surface area (Å²) < 4.78 is 1.95. The van der Waals surface area contributed by atoms with E-state index in [0.717, 1.165) is 11.3 Å². The standard InChI is InChI=1S/C15H19NO/c1-11(2)12-6-4-7-13(10-12)15(17)14-8-5-9-16(14)3/h4-11,15,17H,1-3H3/t15-/m1/s1. The highest BCUT2D eigenvalue weighted by Crippen LogP contribution is 2.24. The van der Waals surface area contributed by atoms with Gasteiger partial charge in [-0.05, 0) is 29.2 Å². The molecule has 0 spiro atoms. The highest BCUT2D eigenvalue weighted by atomic mass is 16.3. The molecule has 0 aliphatic carbocycles. The summed E-state index contributed by atoms with van der Waals surface area (Å²) in [6.45, 7) is 4.32. The maximum Gasteiger partial charge on any atom is 0.119 e. The van der Waals surface area contributed by atoms with Crippen molar-refractivity contribution in [1.82, 2.24) is 4.57 Å². The van der Waals surface area contributed by atoms with Crippen LogP contribution in [0.25, 0.3) is 0 Å². The Hall–Kier alpha value is -1.54. The molecule has 0 saturated heterocycles. The van der Waals surface area contributed by atoms with E-state index in [1.54, 1.807) is 0 Å². The average Bonchev–Trinajstić information content (AvgIpc) is 2.74. The van der Waals surface area contributed by atoms with E-state index in [1.165, 1.54) is 5.56 Å². The Balaban J connectivity index is 2.34. The predicted octanol–water partition coefficient (Wildman–Crippen LogP) is 3.23. The first-order valence-electron chi connectivity index (χ1n) is 5.98. The van der Waals surface area contributed by atoms with Gasteiger partial charge in [-0.25, -0.2) is 0 Å². The molecule has 1 aromatic carbocycles. The van der Waals surface area contributed by atoms with E-state index in [1.807, 2.05) is 42.1 Å². The molecule has 1 heterocycles. The van der Waals surface area contributed by atoms with Crippen LogP contribution in [-0.4, -0.2) is 9.67 Å². The number of nitrogens with zero attached hydrogens (tertiary/aromatic N) is 1. The van der Waals surface area contributed by atoms with Crippen molar-refractivity contribution in [3.63, 3.8) is 0 Å². The van der Waals surface area contributed by atoms with E-state index >= 15 is 0 Å². The fourth-order valence-corrected chi connectivity index (χ4v) is 2.02. The molecule has 0 fully saturated rings. The molecule has 0 bridgehead atoms. The van der Waals surface area contributed by atoms with Crippen LogP contribution in [0.15, 0.2) is 42.6 Å². The van der Waals surface area contributed by atoms with Crippen LogP contribution >= 0.6 is 0 Å². The molecule has 1 atom stereocenters. The minimum absolute atomic E-state index is 0.482. The van der Waals surface area contributed by atoms with Crippen LogP contribution < -0.4 is 0 Å². The third-order valence-corrected chi connectivity index (χ3v) is 3.16. The summed E-state index contributed by atoms with van der Waals surface area (Å²) in [6, 6.07) is 12.1. The fourth-order valence-electron chi connectivity index (χ4n) is 2.02.